The van der Waals surface area contributed by atoms with Crippen LogP contribution in [0.4, 0.5) is 5.69 Å². The summed E-state index contributed by atoms with van der Waals surface area (Å²) < 4.78 is 5.07. The van der Waals surface area contributed by atoms with Crippen LogP contribution in [0, 0.1) is 0 Å². The van der Waals surface area contributed by atoms with Gasteiger partial charge in [-0.3, -0.25) is 4.79 Å². The first-order valence-corrected chi connectivity index (χ1v) is 3.83. The summed E-state index contributed by atoms with van der Waals surface area (Å²) in [6.07, 6.45) is 3.77. The highest BCUT2D eigenvalue weighted by Crippen LogP contribution is 2.21. The fraction of sp³-hybridized carbons (Fsp3) is 0.100. The number of rotatable bonds is 3. The summed E-state index contributed by atoms with van der Waals surface area (Å²) in [5.74, 6) is 0.701. The van der Waals surface area contributed by atoms with Gasteiger partial charge in [0.15, 0.2) is 0 Å². The quantitative estimate of drug-likeness (QED) is 0.432. The van der Waals surface area contributed by atoms with Gasteiger partial charge in [-0.25, -0.2) is 0 Å². The molecule has 0 bridgehead atoms. The van der Waals surface area contributed by atoms with Gasteiger partial charge in [0.25, 0.3) is 0 Å². The third-order valence-corrected chi connectivity index (χ3v) is 1.61. The zero-order valence-corrected chi connectivity index (χ0v) is 7.36. The topological polar surface area (TPSA) is 52.3 Å². The summed E-state index contributed by atoms with van der Waals surface area (Å²) in [5, 5.41) is 0. The first-order chi connectivity index (χ1) is 6.27. The fourth-order valence-electron chi connectivity index (χ4n) is 1.03. The normalized spacial score (nSPS) is 10.2. The van der Waals surface area contributed by atoms with Gasteiger partial charge in [0, 0.05) is 11.3 Å². The number of hydrogen-bond donors (Lipinski definition) is 1. The molecule has 0 aliphatic rings. The van der Waals surface area contributed by atoms with Crippen molar-refractivity contribution in [2.24, 2.45) is 0 Å². The van der Waals surface area contributed by atoms with Crippen LogP contribution in [0.2, 0.25) is 0 Å². The molecule has 0 aromatic heterocycles. The lowest BCUT2D eigenvalue weighted by atomic mass is 10.1. The Morgan fingerprint density at radius 3 is 2.85 bits per heavy atom. The van der Waals surface area contributed by atoms with Crippen LogP contribution in [0.5, 0.6) is 5.75 Å². The molecule has 13 heavy (non-hydrogen) atoms. The average Bonchev–Trinajstić information content (AvgIpc) is 2.15. The van der Waals surface area contributed by atoms with Gasteiger partial charge in [0.2, 0.25) is 0 Å². The molecule has 0 saturated heterocycles. The lowest BCUT2D eigenvalue weighted by Gasteiger charge is -2.04. The molecule has 3 nitrogen and oxygen atoms in total. The molecular formula is C10H11NO2. The number of carbonyl (C=O) groups excluding carboxylic acids is 1. The molecule has 0 radical (unpaired) electrons. The highest BCUT2D eigenvalue weighted by Gasteiger charge is 1.98. The second-order valence-corrected chi connectivity index (χ2v) is 2.50. The van der Waals surface area contributed by atoms with E-state index in [1.807, 2.05) is 0 Å². The second-order valence-electron chi connectivity index (χ2n) is 2.50. The zero-order chi connectivity index (χ0) is 9.68. The largest absolute Gasteiger partial charge is 0.496 e. The molecule has 0 aliphatic carbocycles. The Bertz CT molecular complexity index is 332. The van der Waals surface area contributed by atoms with Crippen LogP contribution in [0.25, 0.3) is 6.08 Å². The maximum atomic E-state index is 10.1. The summed E-state index contributed by atoms with van der Waals surface area (Å²) in [6.45, 7) is 0. The molecular weight excluding hydrogens is 166 g/mol. The number of anilines is 1. The minimum atomic E-state index is 0.645. The number of aldehydes is 1. The number of nitrogen functional groups attached to an aromatic ring is 1. The van der Waals surface area contributed by atoms with Gasteiger partial charge < -0.3 is 10.5 Å². The predicted octanol–water partition coefficient (Wildman–Crippen LogP) is 1.49. The van der Waals surface area contributed by atoms with Crippen LogP contribution in [0.15, 0.2) is 24.3 Å². The number of hydrogen-bond acceptors (Lipinski definition) is 3. The molecule has 0 atom stereocenters. The second kappa shape index (κ2) is 4.30. The molecule has 0 amide bonds. The number of carbonyl (C=O) groups is 1. The summed E-state index contributed by atoms with van der Waals surface area (Å²) in [5.41, 5.74) is 7.02. The first kappa shape index (κ1) is 9.32. The summed E-state index contributed by atoms with van der Waals surface area (Å²) in [6, 6.07) is 5.26. The highest BCUT2D eigenvalue weighted by atomic mass is 16.5. The van der Waals surface area contributed by atoms with Gasteiger partial charge in [-0.05, 0) is 30.4 Å². The number of methoxy groups -OCH3 is 1. The van der Waals surface area contributed by atoms with Gasteiger partial charge in [0.05, 0.1) is 7.11 Å². The van der Waals surface area contributed by atoms with E-state index in [1.54, 1.807) is 31.4 Å². The summed E-state index contributed by atoms with van der Waals surface area (Å²) in [4.78, 5) is 10.1. The Morgan fingerprint density at radius 2 is 2.23 bits per heavy atom. The van der Waals surface area contributed by atoms with Crippen LogP contribution in [-0.4, -0.2) is 13.4 Å². The van der Waals surface area contributed by atoms with Gasteiger partial charge in [-0.1, -0.05) is 0 Å². The van der Waals surface area contributed by atoms with E-state index in [9.17, 15) is 4.79 Å². The van der Waals surface area contributed by atoms with E-state index in [1.165, 1.54) is 6.08 Å². The molecule has 1 aromatic rings. The Hall–Kier alpha value is -1.77. The molecule has 0 saturated carbocycles. The van der Waals surface area contributed by atoms with Crippen molar-refractivity contribution in [3.63, 3.8) is 0 Å². The molecule has 1 rings (SSSR count). The number of nitrogens with two attached hydrogens (primary N) is 1. The number of benzene rings is 1. The predicted molar refractivity (Wildman–Crippen MR) is 52.5 cm³/mol. The van der Waals surface area contributed by atoms with Crippen LogP contribution < -0.4 is 10.5 Å². The maximum Gasteiger partial charge on any atom is 0.142 e. The van der Waals surface area contributed by atoms with Crippen LogP contribution >= 0.6 is 0 Å². The monoisotopic (exact) mass is 177 g/mol. The van der Waals surface area contributed by atoms with Crippen LogP contribution in [0.1, 0.15) is 5.56 Å². The molecule has 0 spiro atoms. The summed E-state index contributed by atoms with van der Waals surface area (Å²) in [7, 11) is 1.57. The van der Waals surface area contributed by atoms with Crippen molar-refractivity contribution in [3.8, 4) is 5.75 Å². The number of ether oxygens (including phenoxy) is 1. The average molecular weight is 177 g/mol. The van der Waals surface area contributed by atoms with Crippen molar-refractivity contribution in [1.29, 1.82) is 0 Å². The van der Waals surface area contributed by atoms with Crippen molar-refractivity contribution in [1.82, 2.24) is 0 Å². The number of allylic oxidation sites excluding steroid dienone is 1. The molecule has 0 heterocycles. The smallest absolute Gasteiger partial charge is 0.142 e. The molecule has 68 valence electrons. The Balaban J connectivity index is 3.07. The molecule has 0 unspecified atom stereocenters. The third kappa shape index (κ3) is 2.33. The molecule has 2 N–H and O–H groups in total. The van der Waals surface area contributed by atoms with Crippen molar-refractivity contribution in [2.75, 3.05) is 12.8 Å². The van der Waals surface area contributed by atoms with E-state index >= 15 is 0 Å². The SMILES string of the molecule is COc1ccc(N)cc1C=CC=O. The molecule has 1 aromatic carbocycles. The van der Waals surface area contributed by atoms with E-state index in [0.29, 0.717) is 17.7 Å². The van der Waals surface area contributed by atoms with Crippen LogP contribution in [0.3, 0.4) is 0 Å². The van der Waals surface area contributed by atoms with Gasteiger partial charge in [-0.15, -0.1) is 0 Å². The zero-order valence-electron chi connectivity index (χ0n) is 7.36. The van der Waals surface area contributed by atoms with Gasteiger partial charge >= 0.3 is 0 Å². The van der Waals surface area contributed by atoms with Crippen molar-refractivity contribution in [2.45, 2.75) is 0 Å². The van der Waals surface area contributed by atoms with Crippen molar-refractivity contribution >= 4 is 18.0 Å². The minimum absolute atomic E-state index is 0.645. The summed E-state index contributed by atoms with van der Waals surface area (Å²) >= 11 is 0. The molecule has 0 fully saturated rings. The first-order valence-electron chi connectivity index (χ1n) is 3.83. The van der Waals surface area contributed by atoms with Crippen molar-refractivity contribution < 1.29 is 9.53 Å². The standard InChI is InChI=1S/C10H11NO2/c1-13-10-5-4-9(11)7-8(10)3-2-6-12/h2-7H,11H2,1H3. The maximum absolute atomic E-state index is 10.1. The van der Waals surface area contributed by atoms with E-state index in [4.69, 9.17) is 10.5 Å². The van der Waals surface area contributed by atoms with Gasteiger partial charge in [0.1, 0.15) is 12.0 Å². The minimum Gasteiger partial charge on any atom is -0.496 e. The van der Waals surface area contributed by atoms with E-state index in [0.717, 1.165) is 5.56 Å². The lowest BCUT2D eigenvalue weighted by Crippen LogP contribution is -1.90. The highest BCUT2D eigenvalue weighted by molar-refractivity contribution is 5.76. The Labute approximate surface area is 76.8 Å². The molecule has 0 aliphatic heterocycles. The fourth-order valence-corrected chi connectivity index (χ4v) is 1.03. The van der Waals surface area contributed by atoms with Crippen molar-refractivity contribution in [3.05, 3.63) is 29.8 Å². The Morgan fingerprint density at radius 1 is 1.46 bits per heavy atom. The van der Waals surface area contributed by atoms with E-state index in [2.05, 4.69) is 0 Å². The van der Waals surface area contributed by atoms with E-state index in [-0.39, 0.29) is 0 Å². The molecule has 3 heteroatoms. The van der Waals surface area contributed by atoms with E-state index < -0.39 is 0 Å². The van der Waals surface area contributed by atoms with Crippen LogP contribution in [-0.2, 0) is 4.79 Å². The Kier molecular flexibility index (Phi) is 3.09. The third-order valence-electron chi connectivity index (χ3n) is 1.61. The lowest BCUT2D eigenvalue weighted by molar-refractivity contribution is -0.104. The van der Waals surface area contributed by atoms with Gasteiger partial charge in [-0.2, -0.15) is 0 Å².